The Balaban J connectivity index is 1.38. The lowest BCUT2D eigenvalue weighted by Crippen LogP contribution is -2.49. The van der Waals surface area contributed by atoms with Gasteiger partial charge >= 0.3 is 0 Å². The summed E-state index contributed by atoms with van der Waals surface area (Å²) in [5.41, 5.74) is 1.04. The fourth-order valence-corrected chi connectivity index (χ4v) is 4.11. The van der Waals surface area contributed by atoms with E-state index < -0.39 is 0 Å². The first-order valence-corrected chi connectivity index (χ1v) is 10.8. The lowest BCUT2D eigenvalue weighted by Gasteiger charge is -2.34. The summed E-state index contributed by atoms with van der Waals surface area (Å²) in [5, 5.41) is 3.06. The molecule has 1 aromatic carbocycles. The van der Waals surface area contributed by atoms with Gasteiger partial charge in [0.15, 0.2) is 0 Å². The predicted molar refractivity (Wildman–Crippen MR) is 114 cm³/mol. The molecule has 1 unspecified atom stereocenters. The normalized spacial score (nSPS) is 21.9. The molecule has 2 saturated heterocycles. The average Bonchev–Trinajstić information content (AvgIpc) is 2.92. The van der Waals surface area contributed by atoms with Crippen molar-refractivity contribution in [2.45, 2.75) is 26.4 Å². The first kappa shape index (κ1) is 22.0. The van der Waals surface area contributed by atoms with Crippen LogP contribution in [0.25, 0.3) is 0 Å². The zero-order valence-corrected chi connectivity index (χ0v) is 17.8. The molecule has 1 aromatic rings. The zero-order valence-electron chi connectivity index (χ0n) is 17.8. The van der Waals surface area contributed by atoms with Gasteiger partial charge in [0.2, 0.25) is 5.91 Å². The van der Waals surface area contributed by atoms with Crippen LogP contribution in [-0.2, 0) is 9.53 Å². The van der Waals surface area contributed by atoms with Gasteiger partial charge in [0.25, 0.3) is 0 Å². The van der Waals surface area contributed by atoms with Gasteiger partial charge in [-0.25, -0.2) is 4.39 Å². The van der Waals surface area contributed by atoms with Gasteiger partial charge in [-0.3, -0.25) is 14.6 Å². The van der Waals surface area contributed by atoms with Crippen LogP contribution in [0.1, 0.15) is 20.3 Å². The molecule has 0 aliphatic carbocycles. The maximum Gasteiger partial charge on any atom is 0.234 e. The lowest BCUT2D eigenvalue weighted by atomic mass is 10.2. The summed E-state index contributed by atoms with van der Waals surface area (Å²) in [6.45, 7) is 12.6. The van der Waals surface area contributed by atoms with Crippen LogP contribution in [0.3, 0.4) is 0 Å². The summed E-state index contributed by atoms with van der Waals surface area (Å²) in [6, 6.07) is 6.65. The molecule has 6 nitrogen and oxygen atoms in total. The van der Waals surface area contributed by atoms with Crippen LogP contribution in [0.5, 0.6) is 0 Å². The molecule has 7 heteroatoms. The van der Waals surface area contributed by atoms with E-state index in [4.69, 9.17) is 4.74 Å². The molecule has 0 radical (unpaired) electrons. The van der Waals surface area contributed by atoms with Crippen molar-refractivity contribution >= 4 is 11.6 Å². The van der Waals surface area contributed by atoms with Crippen molar-refractivity contribution in [3.63, 3.8) is 0 Å². The molecule has 2 fully saturated rings. The molecule has 2 aliphatic heterocycles. The number of amides is 1. The summed E-state index contributed by atoms with van der Waals surface area (Å²) in [4.78, 5) is 19.3. The number of carbonyl (C=O) groups excluding carboxylic acids is 1. The van der Waals surface area contributed by atoms with Gasteiger partial charge in [-0.2, -0.15) is 0 Å². The molecule has 162 valence electrons. The fourth-order valence-electron chi connectivity index (χ4n) is 4.11. The maximum absolute atomic E-state index is 13.1. The Hall–Kier alpha value is -1.70. The number of rotatable bonds is 7. The molecule has 3 rings (SSSR count). The molecule has 1 amide bonds. The third kappa shape index (κ3) is 7.24. The van der Waals surface area contributed by atoms with Crippen molar-refractivity contribution in [2.75, 3.05) is 70.4 Å². The quantitative estimate of drug-likeness (QED) is 0.749. The van der Waals surface area contributed by atoms with E-state index in [1.807, 2.05) is 12.1 Å². The third-order valence-corrected chi connectivity index (χ3v) is 5.52. The standard InChI is InChI=1S/C22H35FN4O2/c1-18(2)15-26-12-13-29-21(16-26)14-24-22(28)17-25-8-3-9-27(11-10-25)20-6-4-19(23)5-7-20/h4-7,18,21H,3,8-17H2,1-2H3,(H,24,28). The SMILES string of the molecule is CC(C)CN1CCOC(CNC(=O)CN2CCCN(c3ccc(F)cc3)CC2)C1. The van der Waals surface area contributed by atoms with Gasteiger partial charge < -0.3 is 15.0 Å². The average molecular weight is 407 g/mol. The lowest BCUT2D eigenvalue weighted by molar-refractivity contribution is -0.123. The summed E-state index contributed by atoms with van der Waals surface area (Å²) in [7, 11) is 0. The van der Waals surface area contributed by atoms with Gasteiger partial charge in [-0.05, 0) is 36.6 Å². The van der Waals surface area contributed by atoms with Gasteiger partial charge in [-0.1, -0.05) is 13.8 Å². The van der Waals surface area contributed by atoms with Gasteiger partial charge in [0.05, 0.1) is 19.3 Å². The van der Waals surface area contributed by atoms with Crippen LogP contribution < -0.4 is 10.2 Å². The van der Waals surface area contributed by atoms with E-state index in [1.165, 1.54) is 12.1 Å². The van der Waals surface area contributed by atoms with Crippen molar-refractivity contribution in [2.24, 2.45) is 5.92 Å². The molecule has 0 bridgehead atoms. The monoisotopic (exact) mass is 406 g/mol. The van der Waals surface area contributed by atoms with E-state index in [0.29, 0.717) is 19.0 Å². The van der Waals surface area contributed by atoms with Crippen molar-refractivity contribution in [1.82, 2.24) is 15.1 Å². The Kier molecular flexibility index (Phi) is 8.27. The van der Waals surface area contributed by atoms with E-state index in [0.717, 1.165) is 64.5 Å². The van der Waals surface area contributed by atoms with Crippen molar-refractivity contribution in [1.29, 1.82) is 0 Å². The van der Waals surface area contributed by atoms with Crippen LogP contribution in [0.2, 0.25) is 0 Å². The van der Waals surface area contributed by atoms with Crippen LogP contribution >= 0.6 is 0 Å². The number of hydrogen-bond donors (Lipinski definition) is 1. The Morgan fingerprint density at radius 2 is 1.93 bits per heavy atom. The molecular weight excluding hydrogens is 371 g/mol. The molecule has 29 heavy (non-hydrogen) atoms. The topological polar surface area (TPSA) is 48.1 Å². The first-order chi connectivity index (χ1) is 14.0. The number of halogens is 1. The van der Waals surface area contributed by atoms with Crippen molar-refractivity contribution < 1.29 is 13.9 Å². The van der Waals surface area contributed by atoms with Crippen molar-refractivity contribution in [3.8, 4) is 0 Å². The minimum atomic E-state index is -0.212. The second kappa shape index (κ2) is 10.9. The highest BCUT2D eigenvalue weighted by Gasteiger charge is 2.22. The van der Waals surface area contributed by atoms with Gasteiger partial charge in [0.1, 0.15) is 5.82 Å². The molecule has 0 aromatic heterocycles. The number of nitrogens with zero attached hydrogens (tertiary/aromatic N) is 3. The highest BCUT2D eigenvalue weighted by Crippen LogP contribution is 2.17. The maximum atomic E-state index is 13.1. The predicted octanol–water partition coefficient (Wildman–Crippen LogP) is 1.81. The minimum Gasteiger partial charge on any atom is -0.374 e. The number of carbonyl (C=O) groups is 1. The second-order valence-corrected chi connectivity index (χ2v) is 8.54. The summed E-state index contributed by atoms with van der Waals surface area (Å²) >= 11 is 0. The number of ether oxygens (including phenoxy) is 1. The molecule has 0 saturated carbocycles. The summed E-state index contributed by atoms with van der Waals surface area (Å²) < 4.78 is 19.0. The third-order valence-electron chi connectivity index (χ3n) is 5.52. The van der Waals surface area contributed by atoms with E-state index >= 15 is 0 Å². The van der Waals surface area contributed by atoms with Crippen LogP contribution in [0.4, 0.5) is 10.1 Å². The summed E-state index contributed by atoms with van der Waals surface area (Å²) in [6.07, 6.45) is 1.06. The number of benzene rings is 1. The smallest absolute Gasteiger partial charge is 0.234 e. The van der Waals surface area contributed by atoms with E-state index in [-0.39, 0.29) is 17.8 Å². The Labute approximate surface area is 174 Å². The Morgan fingerprint density at radius 1 is 1.14 bits per heavy atom. The summed E-state index contributed by atoms with van der Waals surface area (Å²) in [5.74, 6) is 0.488. The number of morpholine rings is 1. The second-order valence-electron chi connectivity index (χ2n) is 8.54. The van der Waals surface area contributed by atoms with E-state index in [2.05, 4.69) is 33.9 Å². The largest absolute Gasteiger partial charge is 0.374 e. The van der Waals surface area contributed by atoms with Crippen LogP contribution in [-0.4, -0.2) is 87.3 Å². The van der Waals surface area contributed by atoms with Crippen molar-refractivity contribution in [3.05, 3.63) is 30.1 Å². The Bertz CT molecular complexity index is 640. The molecule has 2 aliphatic rings. The molecule has 2 heterocycles. The van der Waals surface area contributed by atoms with Gasteiger partial charge in [0, 0.05) is 58.0 Å². The van der Waals surface area contributed by atoms with E-state index in [9.17, 15) is 9.18 Å². The molecule has 0 spiro atoms. The number of hydrogen-bond acceptors (Lipinski definition) is 5. The highest BCUT2D eigenvalue weighted by molar-refractivity contribution is 5.78. The minimum absolute atomic E-state index is 0.0600. The highest BCUT2D eigenvalue weighted by atomic mass is 19.1. The number of nitrogens with one attached hydrogen (secondary N) is 1. The number of anilines is 1. The van der Waals surface area contributed by atoms with E-state index in [1.54, 1.807) is 0 Å². The zero-order chi connectivity index (χ0) is 20.6. The molecular formula is C22H35FN4O2. The Morgan fingerprint density at radius 3 is 2.69 bits per heavy atom. The van der Waals surface area contributed by atoms with Crippen LogP contribution in [0.15, 0.2) is 24.3 Å². The molecule has 1 N–H and O–H groups in total. The fraction of sp³-hybridized carbons (Fsp3) is 0.682. The van der Waals surface area contributed by atoms with Crippen LogP contribution in [0, 0.1) is 11.7 Å². The molecule has 1 atom stereocenters. The first-order valence-electron chi connectivity index (χ1n) is 10.8. The van der Waals surface area contributed by atoms with Gasteiger partial charge in [-0.15, -0.1) is 0 Å².